The summed E-state index contributed by atoms with van der Waals surface area (Å²) in [6.45, 7) is 6.15. The van der Waals surface area contributed by atoms with Gasteiger partial charge < -0.3 is 9.88 Å². The molecule has 0 spiro atoms. The van der Waals surface area contributed by atoms with E-state index in [1.54, 1.807) is 0 Å². The number of aryl methyl sites for hydroxylation is 3. The van der Waals surface area contributed by atoms with Crippen LogP contribution in [0.15, 0.2) is 18.5 Å². The second-order valence-corrected chi connectivity index (χ2v) is 4.88. The van der Waals surface area contributed by atoms with E-state index in [0.717, 1.165) is 31.2 Å². The van der Waals surface area contributed by atoms with Crippen molar-refractivity contribution in [3.63, 3.8) is 0 Å². The molecule has 104 valence electrons. The third kappa shape index (κ3) is 3.59. The van der Waals surface area contributed by atoms with Crippen LogP contribution in [0, 0.1) is 6.92 Å². The average molecular weight is 261 g/mol. The highest BCUT2D eigenvalue weighted by atomic mass is 15.3. The quantitative estimate of drug-likeness (QED) is 0.832. The molecule has 0 aliphatic heterocycles. The lowest BCUT2D eigenvalue weighted by atomic mass is 10.3. The van der Waals surface area contributed by atoms with Crippen LogP contribution in [-0.4, -0.2) is 25.9 Å². The summed E-state index contributed by atoms with van der Waals surface area (Å²) in [5, 5.41) is 7.59. The number of hydrogen-bond acceptors (Lipinski definition) is 3. The van der Waals surface area contributed by atoms with Crippen LogP contribution < -0.4 is 5.32 Å². The number of hydrogen-bond donors (Lipinski definition) is 1. The number of aromatic nitrogens is 4. The van der Waals surface area contributed by atoms with Crippen molar-refractivity contribution in [2.24, 2.45) is 7.05 Å². The number of imidazole rings is 1. The van der Waals surface area contributed by atoms with Crippen molar-refractivity contribution in [2.45, 2.75) is 39.7 Å². The molecule has 0 radical (unpaired) electrons. The maximum Gasteiger partial charge on any atom is 0.203 e. The highest BCUT2D eigenvalue weighted by Gasteiger charge is 2.05. The Hall–Kier alpha value is -1.78. The molecule has 2 rings (SSSR count). The predicted molar refractivity (Wildman–Crippen MR) is 77.3 cm³/mol. The van der Waals surface area contributed by atoms with Gasteiger partial charge >= 0.3 is 0 Å². The molecule has 0 unspecified atom stereocenters. The van der Waals surface area contributed by atoms with Crippen molar-refractivity contribution in [3.8, 4) is 0 Å². The van der Waals surface area contributed by atoms with E-state index in [4.69, 9.17) is 0 Å². The van der Waals surface area contributed by atoms with Crippen LogP contribution in [0.4, 0.5) is 5.95 Å². The van der Waals surface area contributed by atoms with Gasteiger partial charge in [-0.2, -0.15) is 5.10 Å². The molecular formula is C14H23N5. The van der Waals surface area contributed by atoms with Gasteiger partial charge in [0.15, 0.2) is 0 Å². The van der Waals surface area contributed by atoms with Gasteiger partial charge in [0.25, 0.3) is 0 Å². The van der Waals surface area contributed by atoms with Gasteiger partial charge in [-0.05, 0) is 19.4 Å². The summed E-state index contributed by atoms with van der Waals surface area (Å²) in [6.07, 6.45) is 7.29. The average Bonchev–Trinajstić information content (AvgIpc) is 2.94. The fraction of sp³-hybridized carbons (Fsp3) is 0.571. The van der Waals surface area contributed by atoms with Gasteiger partial charge in [0.1, 0.15) is 0 Å². The van der Waals surface area contributed by atoms with Gasteiger partial charge in [-0.25, -0.2) is 4.98 Å². The fourth-order valence-corrected chi connectivity index (χ4v) is 2.14. The second-order valence-electron chi connectivity index (χ2n) is 4.88. The SMILES string of the molecule is CCCCn1cc(C)nc1NCCc1ccnn1C. The first-order valence-electron chi connectivity index (χ1n) is 6.95. The molecule has 19 heavy (non-hydrogen) atoms. The molecule has 2 heterocycles. The van der Waals surface area contributed by atoms with Crippen LogP contribution in [0.25, 0.3) is 0 Å². The van der Waals surface area contributed by atoms with Crippen LogP contribution in [-0.2, 0) is 20.0 Å². The first-order chi connectivity index (χ1) is 9.20. The first-order valence-corrected chi connectivity index (χ1v) is 6.95. The van der Waals surface area contributed by atoms with Crippen molar-refractivity contribution in [2.75, 3.05) is 11.9 Å². The molecule has 0 amide bonds. The Bertz CT molecular complexity index is 512. The van der Waals surface area contributed by atoms with Gasteiger partial charge in [-0.1, -0.05) is 13.3 Å². The summed E-state index contributed by atoms with van der Waals surface area (Å²) in [5.41, 5.74) is 2.30. The van der Waals surface area contributed by atoms with E-state index in [9.17, 15) is 0 Å². The Morgan fingerprint density at radius 2 is 2.21 bits per heavy atom. The van der Waals surface area contributed by atoms with Gasteiger partial charge in [0, 0.05) is 44.6 Å². The number of nitrogens with zero attached hydrogens (tertiary/aromatic N) is 4. The first kappa shape index (κ1) is 13.6. The molecule has 2 aromatic heterocycles. The highest BCUT2D eigenvalue weighted by molar-refractivity contribution is 5.29. The largest absolute Gasteiger partial charge is 0.355 e. The number of rotatable bonds is 7. The maximum absolute atomic E-state index is 4.53. The Morgan fingerprint density at radius 1 is 1.37 bits per heavy atom. The summed E-state index contributed by atoms with van der Waals surface area (Å²) in [6, 6.07) is 2.05. The van der Waals surface area contributed by atoms with Gasteiger partial charge in [0.2, 0.25) is 5.95 Å². The molecule has 0 aliphatic rings. The van der Waals surface area contributed by atoms with Gasteiger partial charge in [-0.3, -0.25) is 4.68 Å². The van der Waals surface area contributed by atoms with E-state index < -0.39 is 0 Å². The van der Waals surface area contributed by atoms with E-state index in [1.165, 1.54) is 18.5 Å². The Kier molecular flexibility index (Phi) is 4.60. The zero-order chi connectivity index (χ0) is 13.7. The summed E-state index contributed by atoms with van der Waals surface area (Å²) < 4.78 is 4.12. The monoisotopic (exact) mass is 261 g/mol. The summed E-state index contributed by atoms with van der Waals surface area (Å²) in [5.74, 6) is 0.980. The standard InChI is InChI=1S/C14H23N5/c1-4-5-10-19-11-12(2)17-14(19)15-8-6-13-7-9-16-18(13)3/h7,9,11H,4-6,8,10H2,1-3H3,(H,15,17). The van der Waals surface area contributed by atoms with Crippen LogP contribution >= 0.6 is 0 Å². The normalized spacial score (nSPS) is 10.9. The Balaban J connectivity index is 1.90. The molecule has 0 saturated heterocycles. The molecule has 0 fully saturated rings. The van der Waals surface area contributed by atoms with Crippen LogP contribution in [0.2, 0.25) is 0 Å². The third-order valence-electron chi connectivity index (χ3n) is 3.24. The van der Waals surface area contributed by atoms with Crippen molar-refractivity contribution < 1.29 is 0 Å². The van der Waals surface area contributed by atoms with Crippen LogP contribution in [0.5, 0.6) is 0 Å². The Labute approximate surface area is 114 Å². The minimum absolute atomic E-state index is 0.877. The summed E-state index contributed by atoms with van der Waals surface area (Å²) >= 11 is 0. The second kappa shape index (κ2) is 6.41. The Morgan fingerprint density at radius 3 is 2.89 bits per heavy atom. The zero-order valence-electron chi connectivity index (χ0n) is 12.1. The minimum atomic E-state index is 0.877. The minimum Gasteiger partial charge on any atom is -0.355 e. The maximum atomic E-state index is 4.53. The summed E-state index contributed by atoms with van der Waals surface area (Å²) in [7, 11) is 1.97. The van der Waals surface area contributed by atoms with Crippen LogP contribution in [0.3, 0.4) is 0 Å². The molecule has 1 N–H and O–H groups in total. The molecule has 0 aromatic carbocycles. The lowest BCUT2D eigenvalue weighted by Gasteiger charge is -2.09. The lowest BCUT2D eigenvalue weighted by molar-refractivity contribution is 0.633. The van der Waals surface area contributed by atoms with E-state index in [0.29, 0.717) is 0 Å². The topological polar surface area (TPSA) is 47.7 Å². The number of unbranched alkanes of at least 4 members (excludes halogenated alkanes) is 1. The fourth-order valence-electron chi connectivity index (χ4n) is 2.14. The van der Waals surface area contributed by atoms with E-state index >= 15 is 0 Å². The van der Waals surface area contributed by atoms with Crippen molar-refractivity contribution in [1.29, 1.82) is 0 Å². The highest BCUT2D eigenvalue weighted by Crippen LogP contribution is 2.10. The number of anilines is 1. The summed E-state index contributed by atoms with van der Waals surface area (Å²) in [4.78, 5) is 4.53. The van der Waals surface area contributed by atoms with Gasteiger partial charge in [-0.15, -0.1) is 0 Å². The van der Waals surface area contributed by atoms with Crippen molar-refractivity contribution >= 4 is 5.95 Å². The van der Waals surface area contributed by atoms with Gasteiger partial charge in [0.05, 0.1) is 5.69 Å². The third-order valence-corrected chi connectivity index (χ3v) is 3.24. The van der Waals surface area contributed by atoms with Crippen LogP contribution in [0.1, 0.15) is 31.2 Å². The predicted octanol–water partition coefficient (Wildman–Crippen LogP) is 2.38. The smallest absolute Gasteiger partial charge is 0.203 e. The molecule has 2 aromatic rings. The molecule has 0 atom stereocenters. The lowest BCUT2D eigenvalue weighted by Crippen LogP contribution is -2.12. The zero-order valence-corrected chi connectivity index (χ0v) is 12.1. The molecular weight excluding hydrogens is 238 g/mol. The molecule has 5 nitrogen and oxygen atoms in total. The van der Waals surface area contributed by atoms with E-state index in [1.807, 2.05) is 24.9 Å². The van der Waals surface area contributed by atoms with E-state index in [-0.39, 0.29) is 0 Å². The van der Waals surface area contributed by atoms with Crippen molar-refractivity contribution in [3.05, 3.63) is 29.8 Å². The van der Waals surface area contributed by atoms with Crippen molar-refractivity contribution in [1.82, 2.24) is 19.3 Å². The molecule has 0 bridgehead atoms. The van der Waals surface area contributed by atoms with E-state index in [2.05, 4.69) is 39.2 Å². The number of nitrogens with one attached hydrogen (secondary N) is 1. The molecule has 5 heteroatoms. The molecule has 0 saturated carbocycles. The molecule has 0 aliphatic carbocycles.